The summed E-state index contributed by atoms with van der Waals surface area (Å²) in [5.74, 6) is -0.305. The van der Waals surface area contributed by atoms with Gasteiger partial charge in [-0.3, -0.25) is 10.1 Å². The van der Waals surface area contributed by atoms with Crippen molar-refractivity contribution in [2.24, 2.45) is 5.92 Å². The fraction of sp³-hybridized carbons (Fsp3) is 0.538. The maximum absolute atomic E-state index is 11.5. The minimum Gasteiger partial charge on any atom is -0.464 e. The van der Waals surface area contributed by atoms with E-state index in [-0.39, 0.29) is 29.2 Å². The minimum absolute atomic E-state index is 0.0290. The van der Waals surface area contributed by atoms with E-state index >= 15 is 0 Å². The highest BCUT2D eigenvalue weighted by atomic mass is 16.6. The zero-order valence-electron chi connectivity index (χ0n) is 11.9. The lowest BCUT2D eigenvalue weighted by molar-refractivity contribution is -0.384. The minimum atomic E-state index is -0.634. The Labute approximate surface area is 121 Å². The Morgan fingerprint density at radius 2 is 2.38 bits per heavy atom. The molecular weight excluding hydrogens is 278 g/mol. The maximum Gasteiger partial charge on any atom is 0.356 e. The second kappa shape index (κ2) is 6.49. The number of carbonyl (C=O) groups excluding carboxylic acids is 1. The zero-order chi connectivity index (χ0) is 15.4. The first-order chi connectivity index (χ1) is 10.0. The molecule has 0 bridgehead atoms. The molecule has 1 aromatic rings. The highest BCUT2D eigenvalue weighted by Crippen LogP contribution is 2.25. The summed E-state index contributed by atoms with van der Waals surface area (Å²) in [5.41, 5.74) is -0.143. The number of nitrogens with zero attached hydrogens (tertiary/aromatic N) is 2. The van der Waals surface area contributed by atoms with Crippen molar-refractivity contribution in [3.05, 3.63) is 27.9 Å². The zero-order valence-corrected chi connectivity index (χ0v) is 11.9. The van der Waals surface area contributed by atoms with E-state index in [1.54, 1.807) is 0 Å². The summed E-state index contributed by atoms with van der Waals surface area (Å²) in [4.78, 5) is 25.9. The second-order valence-corrected chi connectivity index (χ2v) is 4.82. The van der Waals surface area contributed by atoms with E-state index in [4.69, 9.17) is 4.74 Å². The Kier molecular flexibility index (Phi) is 4.69. The predicted molar refractivity (Wildman–Crippen MR) is 74.2 cm³/mol. The van der Waals surface area contributed by atoms with Gasteiger partial charge in [0.25, 0.3) is 0 Å². The number of anilines is 1. The molecule has 1 aliphatic rings. The van der Waals surface area contributed by atoms with Crippen LogP contribution >= 0.6 is 0 Å². The molecule has 0 radical (unpaired) electrons. The van der Waals surface area contributed by atoms with Crippen LogP contribution in [0.3, 0.4) is 0 Å². The number of carbonyl (C=O) groups is 1. The number of ether oxygens (including phenoxy) is 2. The molecule has 114 valence electrons. The molecule has 1 saturated heterocycles. The van der Waals surface area contributed by atoms with Gasteiger partial charge in [-0.05, 0) is 19.4 Å². The largest absolute Gasteiger partial charge is 0.464 e. The molecule has 2 heterocycles. The van der Waals surface area contributed by atoms with E-state index in [9.17, 15) is 14.9 Å². The van der Waals surface area contributed by atoms with Crippen LogP contribution in [0.5, 0.6) is 0 Å². The lowest BCUT2D eigenvalue weighted by atomic mass is 10.0. The second-order valence-electron chi connectivity index (χ2n) is 4.82. The molecule has 21 heavy (non-hydrogen) atoms. The molecule has 2 rings (SSSR count). The Hall–Kier alpha value is -2.22. The lowest BCUT2D eigenvalue weighted by Gasteiger charge is -2.15. The number of nitrogens with one attached hydrogen (secondary N) is 1. The van der Waals surface area contributed by atoms with Crippen molar-refractivity contribution >= 4 is 17.5 Å². The standard InChI is InChI=1S/C13H17N3O5/c1-8-9(5-6-21-8)7-14-12-11(16(18)19)4-3-10(15-12)13(17)20-2/h3-4,8-9H,5-7H2,1-2H3,(H,14,15). The van der Waals surface area contributed by atoms with Gasteiger partial charge in [0, 0.05) is 25.1 Å². The summed E-state index contributed by atoms with van der Waals surface area (Å²) in [6.45, 7) is 3.15. The van der Waals surface area contributed by atoms with E-state index < -0.39 is 10.9 Å². The number of hydrogen-bond acceptors (Lipinski definition) is 7. The fourth-order valence-electron chi connectivity index (χ4n) is 2.22. The molecular formula is C13H17N3O5. The molecule has 8 heteroatoms. The summed E-state index contributed by atoms with van der Waals surface area (Å²) in [5, 5.41) is 14.0. The SMILES string of the molecule is COC(=O)c1ccc([N+](=O)[O-])c(NCC2CCOC2C)n1. The van der Waals surface area contributed by atoms with E-state index in [1.807, 2.05) is 6.92 Å². The molecule has 1 N–H and O–H groups in total. The molecule has 0 aliphatic carbocycles. The van der Waals surface area contributed by atoms with E-state index in [0.717, 1.165) is 6.42 Å². The summed E-state index contributed by atoms with van der Waals surface area (Å²) >= 11 is 0. The molecule has 1 fully saturated rings. The van der Waals surface area contributed by atoms with Crippen molar-refractivity contribution in [1.29, 1.82) is 0 Å². The van der Waals surface area contributed by atoms with Crippen molar-refractivity contribution in [2.75, 3.05) is 25.6 Å². The van der Waals surface area contributed by atoms with Crippen LogP contribution in [-0.2, 0) is 9.47 Å². The van der Waals surface area contributed by atoms with Crippen LogP contribution in [-0.4, -0.2) is 42.2 Å². The van der Waals surface area contributed by atoms with Crippen LogP contribution in [0.25, 0.3) is 0 Å². The number of hydrogen-bond donors (Lipinski definition) is 1. The summed E-state index contributed by atoms with van der Waals surface area (Å²) in [6.07, 6.45) is 0.985. The number of esters is 1. The van der Waals surface area contributed by atoms with E-state index in [1.165, 1.54) is 19.2 Å². The number of aromatic nitrogens is 1. The monoisotopic (exact) mass is 295 g/mol. The van der Waals surface area contributed by atoms with Crippen molar-refractivity contribution in [1.82, 2.24) is 4.98 Å². The van der Waals surface area contributed by atoms with Gasteiger partial charge >= 0.3 is 11.7 Å². The van der Waals surface area contributed by atoms with Crippen LogP contribution in [0.4, 0.5) is 11.5 Å². The average molecular weight is 295 g/mol. The van der Waals surface area contributed by atoms with Gasteiger partial charge < -0.3 is 14.8 Å². The fourth-order valence-corrected chi connectivity index (χ4v) is 2.22. The molecule has 0 spiro atoms. The third kappa shape index (κ3) is 3.46. The molecule has 8 nitrogen and oxygen atoms in total. The van der Waals surface area contributed by atoms with Crippen LogP contribution in [0.15, 0.2) is 12.1 Å². The topological polar surface area (TPSA) is 104 Å². The predicted octanol–water partition coefficient (Wildman–Crippen LogP) is 1.61. The average Bonchev–Trinajstić information content (AvgIpc) is 2.89. The lowest BCUT2D eigenvalue weighted by Crippen LogP contribution is -2.22. The van der Waals surface area contributed by atoms with E-state index in [0.29, 0.717) is 13.2 Å². The van der Waals surface area contributed by atoms with Gasteiger partial charge in [0.2, 0.25) is 5.82 Å². The Morgan fingerprint density at radius 3 is 2.95 bits per heavy atom. The molecule has 0 saturated carbocycles. The van der Waals surface area contributed by atoms with Crippen molar-refractivity contribution in [3.63, 3.8) is 0 Å². The number of pyridine rings is 1. The Morgan fingerprint density at radius 1 is 1.62 bits per heavy atom. The highest BCUT2D eigenvalue weighted by Gasteiger charge is 2.26. The van der Waals surface area contributed by atoms with Crippen LogP contribution in [0.1, 0.15) is 23.8 Å². The molecule has 2 unspecified atom stereocenters. The Bertz CT molecular complexity index is 549. The quantitative estimate of drug-likeness (QED) is 0.500. The third-order valence-electron chi connectivity index (χ3n) is 3.53. The molecule has 0 aromatic carbocycles. The molecule has 2 atom stereocenters. The summed E-state index contributed by atoms with van der Waals surface area (Å²) in [7, 11) is 1.23. The summed E-state index contributed by atoms with van der Waals surface area (Å²) in [6, 6.07) is 2.52. The van der Waals surface area contributed by atoms with Gasteiger partial charge in [0.1, 0.15) is 0 Å². The third-order valence-corrected chi connectivity index (χ3v) is 3.53. The van der Waals surface area contributed by atoms with Gasteiger partial charge in [-0.25, -0.2) is 9.78 Å². The van der Waals surface area contributed by atoms with Gasteiger partial charge in [-0.2, -0.15) is 0 Å². The van der Waals surface area contributed by atoms with Crippen LogP contribution in [0, 0.1) is 16.0 Å². The van der Waals surface area contributed by atoms with Gasteiger partial charge in [0.15, 0.2) is 5.69 Å². The van der Waals surface area contributed by atoms with Crippen molar-refractivity contribution in [2.45, 2.75) is 19.4 Å². The van der Waals surface area contributed by atoms with E-state index in [2.05, 4.69) is 15.0 Å². The normalized spacial score (nSPS) is 21.0. The number of methoxy groups -OCH3 is 1. The van der Waals surface area contributed by atoms with Crippen LogP contribution in [0.2, 0.25) is 0 Å². The highest BCUT2D eigenvalue weighted by molar-refractivity contribution is 5.88. The molecule has 1 aliphatic heterocycles. The number of nitro groups is 1. The van der Waals surface area contributed by atoms with Crippen molar-refractivity contribution < 1.29 is 19.2 Å². The first-order valence-corrected chi connectivity index (χ1v) is 6.62. The smallest absolute Gasteiger partial charge is 0.356 e. The van der Waals surface area contributed by atoms with Crippen LogP contribution < -0.4 is 5.32 Å². The summed E-state index contributed by atoms with van der Waals surface area (Å²) < 4.78 is 10.0. The number of rotatable bonds is 5. The molecule has 0 amide bonds. The van der Waals surface area contributed by atoms with Gasteiger partial charge in [-0.1, -0.05) is 0 Å². The first kappa shape index (κ1) is 15.2. The van der Waals surface area contributed by atoms with Gasteiger partial charge in [-0.15, -0.1) is 0 Å². The van der Waals surface area contributed by atoms with Crippen molar-refractivity contribution in [3.8, 4) is 0 Å². The maximum atomic E-state index is 11.5. The van der Waals surface area contributed by atoms with Gasteiger partial charge in [0.05, 0.1) is 18.1 Å². The first-order valence-electron chi connectivity index (χ1n) is 6.62. The Balaban J connectivity index is 2.18. The molecule has 1 aromatic heterocycles.